The number of carbonyl (C=O) groups excluding carboxylic acids is 1. The van der Waals surface area contributed by atoms with E-state index in [1.54, 1.807) is 39.8 Å². The van der Waals surface area contributed by atoms with Gasteiger partial charge in [-0.1, -0.05) is 12.1 Å². The summed E-state index contributed by atoms with van der Waals surface area (Å²) in [6.45, 7) is 0.880. The van der Waals surface area contributed by atoms with Gasteiger partial charge in [0.1, 0.15) is 12.4 Å². The zero-order chi connectivity index (χ0) is 19.7. The number of pyridine rings is 1. The van der Waals surface area contributed by atoms with E-state index in [0.29, 0.717) is 11.2 Å². The van der Waals surface area contributed by atoms with Gasteiger partial charge in [0.25, 0.3) is 5.91 Å². The average Bonchev–Trinajstić information content (AvgIpc) is 3.21. The van der Waals surface area contributed by atoms with Gasteiger partial charge in [0, 0.05) is 32.4 Å². The molecule has 1 fully saturated rings. The highest BCUT2D eigenvalue weighted by Crippen LogP contribution is 2.21. The summed E-state index contributed by atoms with van der Waals surface area (Å²) < 4.78 is 28.7. The molecule has 4 rings (SSSR count). The lowest BCUT2D eigenvalue weighted by Gasteiger charge is -2.34. The van der Waals surface area contributed by atoms with E-state index >= 15 is 0 Å². The molecule has 9 nitrogen and oxygen atoms in total. The Morgan fingerprint density at radius 3 is 2.57 bits per heavy atom. The lowest BCUT2D eigenvalue weighted by atomic mass is 10.2. The minimum absolute atomic E-state index is 0.00432. The summed E-state index contributed by atoms with van der Waals surface area (Å²) in [5.74, 6) is -0.176. The highest BCUT2D eigenvalue weighted by molar-refractivity contribution is 7.89. The largest absolute Gasteiger partial charge is 0.336 e. The lowest BCUT2D eigenvalue weighted by molar-refractivity contribution is 0.0697. The first-order chi connectivity index (χ1) is 13.5. The number of nitrogens with zero attached hydrogens (tertiary/aromatic N) is 6. The minimum Gasteiger partial charge on any atom is -0.336 e. The molecular weight excluding hydrogens is 380 g/mol. The van der Waals surface area contributed by atoms with Crippen LogP contribution in [0.15, 0.2) is 53.8 Å². The molecule has 0 aliphatic carbocycles. The van der Waals surface area contributed by atoms with Crippen LogP contribution >= 0.6 is 0 Å². The van der Waals surface area contributed by atoms with Crippen molar-refractivity contribution in [2.75, 3.05) is 26.2 Å². The van der Waals surface area contributed by atoms with Crippen molar-refractivity contribution >= 4 is 21.6 Å². The van der Waals surface area contributed by atoms with Crippen LogP contribution in [-0.4, -0.2) is 64.3 Å². The molecular formula is C18H16N6O3S. The van der Waals surface area contributed by atoms with Gasteiger partial charge in [-0.2, -0.15) is 9.57 Å². The number of carbonyl (C=O) groups is 1. The van der Waals surface area contributed by atoms with Gasteiger partial charge < -0.3 is 4.90 Å². The second-order valence-electron chi connectivity index (χ2n) is 6.32. The third-order valence-corrected chi connectivity index (χ3v) is 6.65. The Hall–Kier alpha value is -3.29. The van der Waals surface area contributed by atoms with Crippen LogP contribution in [0.3, 0.4) is 0 Å². The van der Waals surface area contributed by atoms with Crippen molar-refractivity contribution in [2.45, 2.75) is 4.90 Å². The van der Waals surface area contributed by atoms with Gasteiger partial charge in [0.05, 0.1) is 16.0 Å². The van der Waals surface area contributed by atoms with Crippen LogP contribution in [0.2, 0.25) is 0 Å². The molecule has 1 amide bonds. The molecule has 142 valence electrons. The predicted molar refractivity (Wildman–Crippen MR) is 98.8 cm³/mol. The fraction of sp³-hybridized carbons (Fsp3) is 0.222. The topological polar surface area (TPSA) is 112 Å². The number of hydrogen-bond donors (Lipinski definition) is 0. The Kier molecular flexibility index (Phi) is 4.54. The van der Waals surface area contributed by atoms with E-state index in [1.807, 2.05) is 6.07 Å². The van der Waals surface area contributed by atoms with E-state index in [0.717, 1.165) is 0 Å². The van der Waals surface area contributed by atoms with Crippen molar-refractivity contribution in [3.63, 3.8) is 0 Å². The zero-order valence-electron chi connectivity index (χ0n) is 14.8. The first-order valence-corrected chi connectivity index (χ1v) is 10.0. The summed E-state index contributed by atoms with van der Waals surface area (Å²) in [7, 11) is -3.79. The first kappa shape index (κ1) is 18.1. The normalized spacial score (nSPS) is 15.5. The van der Waals surface area contributed by atoms with Crippen LogP contribution in [0, 0.1) is 11.3 Å². The van der Waals surface area contributed by atoms with E-state index in [2.05, 4.69) is 10.2 Å². The maximum absolute atomic E-state index is 12.9. The molecule has 1 aromatic carbocycles. The van der Waals surface area contributed by atoms with Gasteiger partial charge in [-0.05, 0) is 24.3 Å². The Morgan fingerprint density at radius 2 is 1.82 bits per heavy atom. The van der Waals surface area contributed by atoms with E-state index in [1.165, 1.54) is 22.8 Å². The average molecular weight is 396 g/mol. The highest BCUT2D eigenvalue weighted by atomic mass is 32.2. The number of rotatable bonds is 3. The number of aromatic nitrogens is 3. The Morgan fingerprint density at radius 1 is 1.07 bits per heavy atom. The molecule has 2 aromatic heterocycles. The summed E-state index contributed by atoms with van der Waals surface area (Å²) in [5.41, 5.74) is 1.24. The molecule has 0 unspecified atom stereocenters. The van der Waals surface area contributed by atoms with Gasteiger partial charge >= 0.3 is 0 Å². The molecule has 0 spiro atoms. The fourth-order valence-corrected chi connectivity index (χ4v) is 4.76. The minimum atomic E-state index is -3.79. The Balaban J connectivity index is 1.49. The standard InChI is InChI=1S/C18H16N6O3S/c19-11-14-3-1-2-4-16(14)28(26,27)24-9-7-22(8-10-24)18(25)15-5-6-17-21-20-13-23(17)12-15/h1-6,12-13H,7-10H2. The molecule has 1 aliphatic heterocycles. The SMILES string of the molecule is N#Cc1ccccc1S(=O)(=O)N1CCN(C(=O)c2ccc3nncn3c2)CC1. The van der Waals surface area contributed by atoms with E-state index < -0.39 is 10.0 Å². The van der Waals surface area contributed by atoms with Crippen LogP contribution < -0.4 is 0 Å². The molecule has 3 heterocycles. The molecule has 0 saturated carbocycles. The monoisotopic (exact) mass is 396 g/mol. The molecule has 3 aromatic rings. The molecule has 0 radical (unpaired) electrons. The number of piperazine rings is 1. The van der Waals surface area contributed by atoms with Crippen molar-refractivity contribution in [1.29, 1.82) is 5.26 Å². The third-order valence-electron chi connectivity index (χ3n) is 4.69. The smallest absolute Gasteiger partial charge is 0.255 e. The van der Waals surface area contributed by atoms with Crippen LogP contribution in [0.1, 0.15) is 15.9 Å². The van der Waals surface area contributed by atoms with Gasteiger partial charge in [-0.15, -0.1) is 10.2 Å². The van der Waals surface area contributed by atoms with Crippen LogP contribution in [0.4, 0.5) is 0 Å². The maximum atomic E-state index is 12.9. The van der Waals surface area contributed by atoms with Crippen LogP contribution in [0.25, 0.3) is 5.65 Å². The second kappa shape index (κ2) is 7.03. The fourth-order valence-electron chi connectivity index (χ4n) is 3.19. The van der Waals surface area contributed by atoms with Crippen molar-refractivity contribution in [3.05, 3.63) is 60.0 Å². The van der Waals surface area contributed by atoms with Crippen LogP contribution in [-0.2, 0) is 10.0 Å². The molecule has 0 atom stereocenters. The maximum Gasteiger partial charge on any atom is 0.255 e. The molecule has 28 heavy (non-hydrogen) atoms. The summed E-state index contributed by atoms with van der Waals surface area (Å²) in [5, 5.41) is 16.9. The number of benzene rings is 1. The predicted octanol–water partition coefficient (Wildman–Crippen LogP) is 0.748. The van der Waals surface area contributed by atoms with Crippen molar-refractivity contribution in [2.24, 2.45) is 0 Å². The van der Waals surface area contributed by atoms with Crippen molar-refractivity contribution < 1.29 is 13.2 Å². The number of amides is 1. The quantitative estimate of drug-likeness (QED) is 0.646. The number of nitriles is 1. The van der Waals surface area contributed by atoms with E-state index in [4.69, 9.17) is 0 Å². The van der Waals surface area contributed by atoms with Gasteiger partial charge in [0.2, 0.25) is 10.0 Å². The van der Waals surface area contributed by atoms with E-state index in [-0.39, 0.29) is 42.5 Å². The second-order valence-corrected chi connectivity index (χ2v) is 8.22. The highest BCUT2D eigenvalue weighted by Gasteiger charge is 2.31. The van der Waals surface area contributed by atoms with Crippen molar-refractivity contribution in [3.8, 4) is 6.07 Å². The molecule has 0 bridgehead atoms. The van der Waals surface area contributed by atoms with Crippen LogP contribution in [0.5, 0.6) is 0 Å². The summed E-state index contributed by atoms with van der Waals surface area (Å²) in [4.78, 5) is 14.4. The zero-order valence-corrected chi connectivity index (χ0v) is 15.6. The van der Waals surface area contributed by atoms with Gasteiger partial charge in [0.15, 0.2) is 5.65 Å². The summed E-state index contributed by atoms with van der Waals surface area (Å²) in [6, 6.07) is 11.4. The van der Waals surface area contributed by atoms with Crippen molar-refractivity contribution in [1.82, 2.24) is 23.8 Å². The first-order valence-electron chi connectivity index (χ1n) is 8.58. The Bertz CT molecular complexity index is 1190. The van der Waals surface area contributed by atoms with Gasteiger partial charge in [-0.3, -0.25) is 9.20 Å². The third kappa shape index (κ3) is 3.11. The Labute approximate surface area is 161 Å². The molecule has 1 saturated heterocycles. The number of hydrogen-bond acceptors (Lipinski definition) is 6. The molecule has 1 aliphatic rings. The number of fused-ring (bicyclic) bond motifs is 1. The summed E-state index contributed by atoms with van der Waals surface area (Å²) >= 11 is 0. The molecule has 0 N–H and O–H groups in total. The van der Waals surface area contributed by atoms with E-state index in [9.17, 15) is 18.5 Å². The molecule has 10 heteroatoms. The lowest BCUT2D eigenvalue weighted by Crippen LogP contribution is -2.50. The number of sulfonamides is 1. The summed E-state index contributed by atoms with van der Waals surface area (Å²) in [6.07, 6.45) is 3.17. The van der Waals surface area contributed by atoms with Gasteiger partial charge in [-0.25, -0.2) is 8.42 Å².